The van der Waals surface area contributed by atoms with Gasteiger partial charge in [0.15, 0.2) is 0 Å². The standard InChI is InChI=1S/C26H28N2O3/c1-4-17-9-11-18(12-10-17)22-16-23(20-7-5-6-8-24(20)29)28-26(27-22)21-15-19(30-2)13-14-25(21)31-3/h5-15,23,26,28-29H,4,16H2,1-3H3/t23-,26-/m1/s1. The van der Waals surface area contributed by atoms with E-state index in [9.17, 15) is 5.11 Å². The van der Waals surface area contributed by atoms with Crippen molar-refractivity contribution in [2.45, 2.75) is 32.0 Å². The quantitative estimate of drug-likeness (QED) is 0.580. The maximum absolute atomic E-state index is 10.5. The molecule has 0 fully saturated rings. The topological polar surface area (TPSA) is 63.1 Å². The fraction of sp³-hybridized carbons (Fsp3) is 0.269. The fourth-order valence-electron chi connectivity index (χ4n) is 4.01. The van der Waals surface area contributed by atoms with Gasteiger partial charge in [0.1, 0.15) is 23.4 Å². The number of aliphatic imine (C=N–C) groups is 1. The van der Waals surface area contributed by atoms with Crippen LogP contribution in [0.3, 0.4) is 0 Å². The first-order valence-electron chi connectivity index (χ1n) is 10.5. The zero-order chi connectivity index (χ0) is 21.8. The number of hydrogen-bond donors (Lipinski definition) is 2. The van der Waals surface area contributed by atoms with Crippen LogP contribution in [0.5, 0.6) is 17.2 Å². The highest BCUT2D eigenvalue weighted by atomic mass is 16.5. The number of aryl methyl sites for hydroxylation is 1. The number of ether oxygens (including phenoxy) is 2. The van der Waals surface area contributed by atoms with E-state index in [0.29, 0.717) is 6.42 Å². The first-order valence-corrected chi connectivity index (χ1v) is 10.5. The molecule has 0 aromatic heterocycles. The Hall–Kier alpha value is -3.31. The van der Waals surface area contributed by atoms with E-state index >= 15 is 0 Å². The molecule has 0 bridgehead atoms. The Labute approximate surface area is 183 Å². The second-order valence-electron chi connectivity index (χ2n) is 7.62. The SMILES string of the molecule is CCc1ccc(C2=N[C@@H](c3cc(OC)ccc3OC)N[C@@H](c3ccccc3O)C2)cc1. The zero-order valence-electron chi connectivity index (χ0n) is 18.1. The Morgan fingerprint density at radius 2 is 1.74 bits per heavy atom. The predicted octanol–water partition coefficient (Wildman–Crippen LogP) is 5.19. The summed E-state index contributed by atoms with van der Waals surface area (Å²) in [7, 11) is 3.30. The molecule has 0 spiro atoms. The highest BCUT2D eigenvalue weighted by Gasteiger charge is 2.29. The molecule has 0 aliphatic carbocycles. The lowest BCUT2D eigenvalue weighted by molar-refractivity contribution is 0.374. The Morgan fingerprint density at radius 1 is 0.968 bits per heavy atom. The summed E-state index contributed by atoms with van der Waals surface area (Å²) in [5.41, 5.74) is 5.12. The summed E-state index contributed by atoms with van der Waals surface area (Å²) >= 11 is 0. The van der Waals surface area contributed by atoms with Crippen LogP contribution in [0, 0.1) is 0 Å². The summed E-state index contributed by atoms with van der Waals surface area (Å²) in [5, 5.41) is 14.1. The molecule has 2 N–H and O–H groups in total. The second-order valence-corrected chi connectivity index (χ2v) is 7.62. The lowest BCUT2D eigenvalue weighted by Gasteiger charge is -2.31. The van der Waals surface area contributed by atoms with Gasteiger partial charge in [-0.15, -0.1) is 0 Å². The van der Waals surface area contributed by atoms with Gasteiger partial charge in [0.25, 0.3) is 0 Å². The second kappa shape index (κ2) is 9.23. The molecule has 2 atom stereocenters. The zero-order valence-corrected chi connectivity index (χ0v) is 18.1. The van der Waals surface area contributed by atoms with Crippen molar-refractivity contribution >= 4 is 5.71 Å². The number of aromatic hydroxyl groups is 1. The number of phenolic OH excluding ortho intramolecular Hbond substituents is 1. The van der Waals surface area contributed by atoms with E-state index in [0.717, 1.165) is 40.3 Å². The normalized spacial score (nSPS) is 18.4. The van der Waals surface area contributed by atoms with E-state index in [1.165, 1.54) is 5.56 Å². The third-order valence-corrected chi connectivity index (χ3v) is 5.78. The predicted molar refractivity (Wildman–Crippen MR) is 123 cm³/mol. The Bertz CT molecular complexity index is 1080. The van der Waals surface area contributed by atoms with Crippen LogP contribution < -0.4 is 14.8 Å². The van der Waals surface area contributed by atoms with Crippen molar-refractivity contribution in [3.05, 3.63) is 89.0 Å². The minimum atomic E-state index is -0.343. The van der Waals surface area contributed by atoms with E-state index in [4.69, 9.17) is 14.5 Å². The van der Waals surface area contributed by atoms with Gasteiger partial charge >= 0.3 is 0 Å². The average Bonchev–Trinajstić information content (AvgIpc) is 2.83. The van der Waals surface area contributed by atoms with Crippen LogP contribution in [0.2, 0.25) is 0 Å². The van der Waals surface area contributed by atoms with Gasteiger partial charge in [-0.2, -0.15) is 0 Å². The summed E-state index contributed by atoms with van der Waals surface area (Å²) in [6, 6.07) is 21.6. The minimum absolute atomic E-state index is 0.0968. The molecule has 1 aliphatic heterocycles. The molecule has 31 heavy (non-hydrogen) atoms. The smallest absolute Gasteiger partial charge is 0.130 e. The molecule has 160 valence electrons. The summed E-state index contributed by atoms with van der Waals surface area (Å²) in [5.74, 6) is 1.76. The van der Waals surface area contributed by atoms with Gasteiger partial charge < -0.3 is 14.6 Å². The molecule has 0 saturated heterocycles. The van der Waals surface area contributed by atoms with Crippen molar-refractivity contribution < 1.29 is 14.6 Å². The molecular weight excluding hydrogens is 388 g/mol. The molecule has 1 heterocycles. The Morgan fingerprint density at radius 3 is 2.42 bits per heavy atom. The summed E-state index contributed by atoms with van der Waals surface area (Å²) in [4.78, 5) is 5.06. The third-order valence-electron chi connectivity index (χ3n) is 5.78. The number of phenols is 1. The van der Waals surface area contributed by atoms with Crippen LogP contribution in [0.15, 0.2) is 71.7 Å². The molecule has 5 heteroatoms. The summed E-state index contributed by atoms with van der Waals surface area (Å²) in [6.07, 6.45) is 1.33. The maximum atomic E-state index is 10.5. The third kappa shape index (κ3) is 4.42. The minimum Gasteiger partial charge on any atom is -0.508 e. The molecule has 1 aliphatic rings. The molecule has 0 saturated carbocycles. The average molecular weight is 417 g/mol. The van der Waals surface area contributed by atoms with Gasteiger partial charge in [0.2, 0.25) is 0 Å². The van der Waals surface area contributed by atoms with Crippen LogP contribution in [0.1, 0.15) is 47.8 Å². The van der Waals surface area contributed by atoms with Crippen molar-refractivity contribution in [1.29, 1.82) is 0 Å². The van der Waals surface area contributed by atoms with E-state index in [2.05, 4.69) is 36.5 Å². The van der Waals surface area contributed by atoms with Crippen LogP contribution in [0.4, 0.5) is 0 Å². The van der Waals surface area contributed by atoms with E-state index in [1.807, 2.05) is 36.4 Å². The van der Waals surface area contributed by atoms with E-state index in [1.54, 1.807) is 20.3 Å². The van der Waals surface area contributed by atoms with Crippen LogP contribution >= 0.6 is 0 Å². The highest BCUT2D eigenvalue weighted by Crippen LogP contribution is 2.38. The first kappa shape index (κ1) is 20.9. The van der Waals surface area contributed by atoms with Gasteiger partial charge in [0.05, 0.1) is 14.2 Å². The number of nitrogens with zero attached hydrogens (tertiary/aromatic N) is 1. The molecular formula is C26H28N2O3. The molecule has 5 nitrogen and oxygen atoms in total. The number of benzene rings is 3. The van der Waals surface area contributed by atoms with Crippen molar-refractivity contribution in [2.24, 2.45) is 4.99 Å². The van der Waals surface area contributed by atoms with Crippen molar-refractivity contribution in [1.82, 2.24) is 5.32 Å². The monoisotopic (exact) mass is 416 g/mol. The molecule has 0 amide bonds. The Balaban J connectivity index is 1.79. The first-order chi connectivity index (χ1) is 15.1. The van der Waals surface area contributed by atoms with Crippen LogP contribution in [-0.2, 0) is 6.42 Å². The van der Waals surface area contributed by atoms with Crippen LogP contribution in [-0.4, -0.2) is 25.0 Å². The summed E-state index contributed by atoms with van der Waals surface area (Å²) in [6.45, 7) is 2.15. The van der Waals surface area contributed by atoms with Gasteiger partial charge in [-0.25, -0.2) is 0 Å². The highest BCUT2D eigenvalue weighted by molar-refractivity contribution is 6.01. The summed E-state index contributed by atoms with van der Waals surface area (Å²) < 4.78 is 11.1. The molecule has 0 radical (unpaired) electrons. The van der Waals surface area contributed by atoms with Crippen LogP contribution in [0.25, 0.3) is 0 Å². The van der Waals surface area contributed by atoms with Gasteiger partial charge in [-0.1, -0.05) is 49.4 Å². The van der Waals surface area contributed by atoms with Crippen molar-refractivity contribution in [3.8, 4) is 17.2 Å². The number of rotatable bonds is 6. The van der Waals surface area contributed by atoms with Crippen molar-refractivity contribution in [3.63, 3.8) is 0 Å². The number of methoxy groups -OCH3 is 2. The number of para-hydroxylation sites is 1. The lowest BCUT2D eigenvalue weighted by atomic mass is 9.93. The van der Waals surface area contributed by atoms with Crippen molar-refractivity contribution in [2.75, 3.05) is 14.2 Å². The fourth-order valence-corrected chi connectivity index (χ4v) is 4.01. The molecule has 4 rings (SSSR count). The molecule has 0 unspecified atom stereocenters. The lowest BCUT2D eigenvalue weighted by Crippen LogP contribution is -2.33. The number of nitrogens with one attached hydrogen (secondary N) is 1. The van der Waals surface area contributed by atoms with E-state index in [-0.39, 0.29) is 18.0 Å². The molecule has 3 aromatic carbocycles. The van der Waals surface area contributed by atoms with Gasteiger partial charge in [-0.05, 0) is 41.8 Å². The number of hydrogen-bond acceptors (Lipinski definition) is 5. The van der Waals surface area contributed by atoms with Gasteiger partial charge in [-0.3, -0.25) is 10.3 Å². The Kier molecular flexibility index (Phi) is 6.23. The largest absolute Gasteiger partial charge is 0.508 e. The van der Waals surface area contributed by atoms with E-state index < -0.39 is 0 Å². The maximum Gasteiger partial charge on any atom is 0.130 e. The van der Waals surface area contributed by atoms with Gasteiger partial charge in [0, 0.05) is 29.3 Å². The molecule has 3 aromatic rings.